The van der Waals surface area contributed by atoms with Gasteiger partial charge in [0, 0.05) is 11.6 Å². The molecule has 0 N–H and O–H groups in total. The highest BCUT2D eigenvalue weighted by Gasteiger charge is 2.20. The van der Waals surface area contributed by atoms with Gasteiger partial charge in [-0.15, -0.1) is 0 Å². The minimum Gasteiger partial charge on any atom is -0.292 e. The van der Waals surface area contributed by atoms with E-state index >= 15 is 0 Å². The van der Waals surface area contributed by atoms with Crippen molar-refractivity contribution in [1.82, 2.24) is 9.55 Å². The van der Waals surface area contributed by atoms with Gasteiger partial charge in [0.15, 0.2) is 0 Å². The second-order valence-corrected chi connectivity index (χ2v) is 5.96. The summed E-state index contributed by atoms with van der Waals surface area (Å²) >= 11 is 5.97. The minimum atomic E-state index is -0.267. The molecule has 0 bridgehead atoms. The van der Waals surface area contributed by atoms with Crippen molar-refractivity contribution in [3.8, 4) is 0 Å². The average Bonchev–Trinajstić information content (AvgIpc) is 2.94. The zero-order valence-electron chi connectivity index (χ0n) is 12.1. The molecule has 0 unspecified atom stereocenters. The fourth-order valence-corrected chi connectivity index (χ4v) is 3.06. The summed E-state index contributed by atoms with van der Waals surface area (Å²) in [6, 6.07) is 11.4. The quantitative estimate of drug-likeness (QED) is 0.674. The normalized spacial score (nSPS) is 15.3. The van der Waals surface area contributed by atoms with Gasteiger partial charge in [0.25, 0.3) is 5.56 Å². The maximum atomic E-state index is 13.0. The summed E-state index contributed by atoms with van der Waals surface area (Å²) in [4.78, 5) is 17.2. The van der Waals surface area contributed by atoms with Crippen LogP contribution in [-0.4, -0.2) is 9.55 Å². The van der Waals surface area contributed by atoms with Crippen LogP contribution in [0, 0.1) is 5.82 Å². The molecule has 1 aliphatic rings. The van der Waals surface area contributed by atoms with Crippen molar-refractivity contribution in [2.75, 3.05) is 0 Å². The summed E-state index contributed by atoms with van der Waals surface area (Å²) in [5.74, 6) is 0.408. The highest BCUT2D eigenvalue weighted by molar-refractivity contribution is 6.31. The number of aromatic nitrogens is 2. The van der Waals surface area contributed by atoms with E-state index in [9.17, 15) is 9.18 Å². The molecule has 0 saturated carbocycles. The van der Waals surface area contributed by atoms with Crippen molar-refractivity contribution in [2.45, 2.75) is 13.0 Å². The lowest BCUT2D eigenvalue weighted by molar-refractivity contribution is 0.628. The Morgan fingerprint density at radius 2 is 1.96 bits per heavy atom. The number of benzene rings is 2. The second kappa shape index (κ2) is 5.32. The van der Waals surface area contributed by atoms with Crippen LogP contribution in [0.15, 0.2) is 47.3 Å². The molecule has 23 heavy (non-hydrogen) atoms. The zero-order valence-corrected chi connectivity index (χ0v) is 12.8. The third-order valence-electron chi connectivity index (χ3n) is 4.02. The molecule has 0 saturated heterocycles. The van der Waals surface area contributed by atoms with E-state index in [1.165, 1.54) is 12.1 Å². The van der Waals surface area contributed by atoms with Crippen molar-refractivity contribution < 1.29 is 4.39 Å². The van der Waals surface area contributed by atoms with Gasteiger partial charge in [-0.2, -0.15) is 0 Å². The number of halogens is 2. The number of nitrogens with zero attached hydrogens (tertiary/aromatic N) is 2. The Kier molecular flexibility index (Phi) is 3.27. The minimum absolute atomic E-state index is 0.0741. The van der Waals surface area contributed by atoms with Crippen LogP contribution in [0.25, 0.3) is 22.6 Å². The van der Waals surface area contributed by atoms with Crippen molar-refractivity contribution in [2.24, 2.45) is 0 Å². The van der Waals surface area contributed by atoms with Crippen LogP contribution in [0.5, 0.6) is 0 Å². The summed E-state index contributed by atoms with van der Waals surface area (Å²) in [5.41, 5.74) is 2.43. The van der Waals surface area contributed by atoms with Crippen molar-refractivity contribution in [3.05, 3.63) is 75.0 Å². The van der Waals surface area contributed by atoms with E-state index in [1.54, 1.807) is 34.9 Å². The summed E-state index contributed by atoms with van der Waals surface area (Å²) in [5, 5.41) is 1.06. The Balaban J connectivity index is 1.88. The lowest BCUT2D eigenvalue weighted by Crippen LogP contribution is -2.20. The Bertz CT molecular complexity index is 1010. The Hall–Kier alpha value is -2.46. The second-order valence-electron chi connectivity index (χ2n) is 5.52. The monoisotopic (exact) mass is 326 g/mol. The number of fused-ring (bicyclic) bond motifs is 2. The largest absolute Gasteiger partial charge is 0.292 e. The van der Waals surface area contributed by atoms with E-state index in [4.69, 9.17) is 11.6 Å². The maximum Gasteiger partial charge on any atom is 0.261 e. The standard InChI is InChI=1S/C18H12ClFN2O/c19-13-3-6-16-15(10-13)18(23)22-8-7-12(17(22)21-16)9-11-1-4-14(20)5-2-11/h1-6,9-10H,7-8H2/b12-9+. The van der Waals surface area contributed by atoms with E-state index in [0.29, 0.717) is 28.3 Å². The number of hydrogen-bond acceptors (Lipinski definition) is 2. The van der Waals surface area contributed by atoms with Gasteiger partial charge in [0.05, 0.1) is 10.9 Å². The molecular formula is C18H12ClFN2O. The summed E-state index contributed by atoms with van der Waals surface area (Å²) < 4.78 is 14.7. The maximum absolute atomic E-state index is 13.0. The van der Waals surface area contributed by atoms with E-state index < -0.39 is 0 Å². The first-order valence-corrected chi connectivity index (χ1v) is 7.66. The first-order valence-electron chi connectivity index (χ1n) is 7.28. The Labute approximate surface area is 136 Å². The van der Waals surface area contributed by atoms with Gasteiger partial charge < -0.3 is 0 Å². The van der Waals surface area contributed by atoms with Crippen molar-refractivity contribution >= 4 is 34.2 Å². The lowest BCUT2D eigenvalue weighted by Gasteiger charge is -2.06. The molecule has 0 fully saturated rings. The van der Waals surface area contributed by atoms with Crippen LogP contribution in [-0.2, 0) is 6.54 Å². The molecule has 0 amide bonds. The van der Waals surface area contributed by atoms with Gasteiger partial charge in [-0.05, 0) is 54.0 Å². The molecule has 0 atom stereocenters. The van der Waals surface area contributed by atoms with E-state index in [-0.39, 0.29) is 11.4 Å². The molecule has 114 valence electrons. The lowest BCUT2D eigenvalue weighted by atomic mass is 10.1. The third kappa shape index (κ3) is 2.45. The summed E-state index contributed by atoms with van der Waals surface area (Å²) in [6.45, 7) is 0.594. The molecule has 0 aliphatic carbocycles. The summed E-state index contributed by atoms with van der Waals surface area (Å²) in [6.07, 6.45) is 2.68. The van der Waals surface area contributed by atoms with Crippen LogP contribution in [0.2, 0.25) is 5.02 Å². The van der Waals surface area contributed by atoms with Gasteiger partial charge in [-0.25, -0.2) is 9.37 Å². The molecule has 3 nitrogen and oxygen atoms in total. The smallest absolute Gasteiger partial charge is 0.261 e. The van der Waals surface area contributed by atoms with Gasteiger partial charge in [0.2, 0.25) is 0 Å². The Morgan fingerprint density at radius 1 is 1.17 bits per heavy atom. The Morgan fingerprint density at radius 3 is 2.74 bits per heavy atom. The molecule has 1 aromatic heterocycles. The number of hydrogen-bond donors (Lipinski definition) is 0. The number of rotatable bonds is 1. The van der Waals surface area contributed by atoms with Crippen molar-refractivity contribution in [3.63, 3.8) is 0 Å². The molecule has 1 aliphatic heterocycles. The first kappa shape index (κ1) is 14.2. The third-order valence-corrected chi connectivity index (χ3v) is 4.25. The fraction of sp³-hybridized carbons (Fsp3) is 0.111. The van der Waals surface area contributed by atoms with Crippen LogP contribution >= 0.6 is 11.6 Å². The van der Waals surface area contributed by atoms with E-state index in [1.807, 2.05) is 6.08 Å². The molecule has 0 radical (unpaired) electrons. The first-order chi connectivity index (χ1) is 11.1. The topological polar surface area (TPSA) is 34.9 Å². The van der Waals surface area contributed by atoms with E-state index in [0.717, 1.165) is 17.6 Å². The zero-order chi connectivity index (χ0) is 16.0. The fourth-order valence-electron chi connectivity index (χ4n) is 2.89. The molecular weight excluding hydrogens is 315 g/mol. The average molecular weight is 327 g/mol. The molecule has 4 rings (SSSR count). The van der Waals surface area contributed by atoms with Gasteiger partial charge in [-0.1, -0.05) is 23.7 Å². The molecule has 0 spiro atoms. The highest BCUT2D eigenvalue weighted by atomic mass is 35.5. The number of allylic oxidation sites excluding steroid dienone is 1. The van der Waals surface area contributed by atoms with Crippen LogP contribution in [0.4, 0.5) is 4.39 Å². The highest BCUT2D eigenvalue weighted by Crippen LogP contribution is 2.28. The van der Waals surface area contributed by atoms with Crippen LogP contribution in [0.3, 0.4) is 0 Å². The molecule has 2 heterocycles. The SMILES string of the molecule is O=c1c2cc(Cl)ccc2nc2n1CC/C2=C\c1ccc(F)cc1. The van der Waals surface area contributed by atoms with Crippen LogP contribution in [0.1, 0.15) is 17.8 Å². The van der Waals surface area contributed by atoms with Gasteiger partial charge in [0.1, 0.15) is 11.6 Å². The predicted molar refractivity (Wildman–Crippen MR) is 89.9 cm³/mol. The van der Waals surface area contributed by atoms with E-state index in [2.05, 4.69) is 4.98 Å². The predicted octanol–water partition coefficient (Wildman–Crippen LogP) is 4.13. The molecule has 5 heteroatoms. The molecule has 3 aromatic rings. The van der Waals surface area contributed by atoms with Crippen molar-refractivity contribution in [1.29, 1.82) is 0 Å². The van der Waals surface area contributed by atoms with Crippen LogP contribution < -0.4 is 5.56 Å². The van der Waals surface area contributed by atoms with Gasteiger partial charge >= 0.3 is 0 Å². The summed E-state index contributed by atoms with van der Waals surface area (Å²) in [7, 11) is 0. The molecule has 2 aromatic carbocycles. The van der Waals surface area contributed by atoms with Gasteiger partial charge in [-0.3, -0.25) is 9.36 Å².